The maximum atomic E-state index is 2.54. The molecule has 0 unspecified atom stereocenters. The number of hydrogen-bond acceptors (Lipinski definition) is 0. The first-order valence-electron chi connectivity index (χ1n) is 12.0. The maximum absolute atomic E-state index is 2.54. The summed E-state index contributed by atoms with van der Waals surface area (Å²) in [5, 5.41) is 0. The third kappa shape index (κ3) is 18.5. The Balaban J connectivity index is 5.04. The molecule has 0 nitrogen and oxygen atoms in total. The van der Waals surface area contributed by atoms with E-state index in [9.17, 15) is 0 Å². The smallest absolute Gasteiger partial charge is 0.0162 e. The molecule has 0 fully saturated rings. The minimum atomic E-state index is 0.605. The molecular formula is C30H50. The van der Waals surface area contributed by atoms with Gasteiger partial charge in [0.2, 0.25) is 0 Å². The van der Waals surface area contributed by atoms with Crippen LogP contribution in [0.4, 0.5) is 0 Å². The van der Waals surface area contributed by atoms with Crippen molar-refractivity contribution in [2.45, 2.75) is 114 Å². The van der Waals surface area contributed by atoms with Gasteiger partial charge in [-0.2, -0.15) is 0 Å². The lowest BCUT2D eigenvalue weighted by atomic mass is 9.93. The van der Waals surface area contributed by atoms with Gasteiger partial charge >= 0.3 is 0 Å². The van der Waals surface area contributed by atoms with E-state index >= 15 is 0 Å². The Morgan fingerprint density at radius 3 is 1.13 bits per heavy atom. The van der Waals surface area contributed by atoms with Gasteiger partial charge in [0.15, 0.2) is 0 Å². The van der Waals surface area contributed by atoms with Crippen LogP contribution in [-0.2, 0) is 0 Å². The summed E-state index contributed by atoms with van der Waals surface area (Å²) in [6.07, 6.45) is 23.9. The van der Waals surface area contributed by atoms with E-state index in [1.54, 1.807) is 0 Å². The summed E-state index contributed by atoms with van der Waals surface area (Å²) in [5.74, 6) is 0.605. The topological polar surface area (TPSA) is 0 Å². The van der Waals surface area contributed by atoms with Gasteiger partial charge in [-0.3, -0.25) is 0 Å². The zero-order valence-electron chi connectivity index (χ0n) is 21.7. The Bertz CT molecular complexity index is 606. The molecule has 0 aromatic rings. The van der Waals surface area contributed by atoms with Crippen LogP contribution >= 0.6 is 0 Å². The van der Waals surface area contributed by atoms with Gasteiger partial charge < -0.3 is 0 Å². The largest absolute Gasteiger partial charge is 0.0856 e. The van der Waals surface area contributed by atoms with Crippen LogP contribution in [0, 0.1) is 5.92 Å². The molecule has 0 aromatic heterocycles. The molecule has 0 spiro atoms. The van der Waals surface area contributed by atoms with Crippen molar-refractivity contribution in [3.63, 3.8) is 0 Å². The van der Waals surface area contributed by atoms with Gasteiger partial charge in [-0.15, -0.1) is 0 Å². The Morgan fingerprint density at radius 1 is 0.467 bits per heavy atom. The van der Waals surface area contributed by atoms with E-state index in [-0.39, 0.29) is 0 Å². The van der Waals surface area contributed by atoms with Gasteiger partial charge in [0.25, 0.3) is 0 Å². The van der Waals surface area contributed by atoms with Crippen LogP contribution in [0.3, 0.4) is 0 Å². The van der Waals surface area contributed by atoms with E-state index in [1.165, 1.54) is 52.7 Å². The molecular weight excluding hydrogens is 360 g/mol. The Morgan fingerprint density at radius 2 is 0.800 bits per heavy atom. The van der Waals surface area contributed by atoms with E-state index < -0.39 is 0 Å². The highest BCUT2D eigenvalue weighted by molar-refractivity contribution is 5.11. The zero-order valence-corrected chi connectivity index (χ0v) is 21.7. The van der Waals surface area contributed by atoms with Crippen molar-refractivity contribution in [2.75, 3.05) is 0 Å². The van der Waals surface area contributed by atoms with Crippen molar-refractivity contribution >= 4 is 0 Å². The number of hydrogen-bond donors (Lipinski definition) is 0. The molecule has 0 N–H and O–H groups in total. The molecule has 0 heteroatoms. The Kier molecular flexibility index (Phi) is 16.3. The van der Waals surface area contributed by atoms with Crippen LogP contribution in [0.1, 0.15) is 114 Å². The molecule has 0 heterocycles. The summed E-state index contributed by atoms with van der Waals surface area (Å²) in [7, 11) is 0. The van der Waals surface area contributed by atoms with Crippen LogP contribution in [0.5, 0.6) is 0 Å². The molecule has 0 bridgehead atoms. The summed E-state index contributed by atoms with van der Waals surface area (Å²) in [4.78, 5) is 0. The molecule has 0 aliphatic rings. The summed E-state index contributed by atoms with van der Waals surface area (Å²) >= 11 is 0. The third-order valence-electron chi connectivity index (χ3n) is 5.33. The highest BCUT2D eigenvalue weighted by Crippen LogP contribution is 2.21. The monoisotopic (exact) mass is 410 g/mol. The van der Waals surface area contributed by atoms with E-state index in [2.05, 4.69) is 98.8 Å². The molecule has 0 amide bonds. The predicted molar refractivity (Wildman–Crippen MR) is 140 cm³/mol. The molecule has 0 saturated carbocycles. The fourth-order valence-corrected chi connectivity index (χ4v) is 3.39. The molecule has 30 heavy (non-hydrogen) atoms. The highest BCUT2D eigenvalue weighted by atomic mass is 14.1. The average molecular weight is 411 g/mol. The molecule has 0 atom stereocenters. The predicted octanol–water partition coefficient (Wildman–Crippen LogP) is 10.5. The summed E-state index contributed by atoms with van der Waals surface area (Å²) < 4.78 is 0. The van der Waals surface area contributed by atoms with Gasteiger partial charge in [0.1, 0.15) is 0 Å². The van der Waals surface area contributed by atoms with Crippen LogP contribution in [0.15, 0.2) is 69.9 Å². The first-order valence-corrected chi connectivity index (χ1v) is 12.0. The Labute approximate surface area is 189 Å². The minimum Gasteiger partial charge on any atom is -0.0856 e. The van der Waals surface area contributed by atoms with E-state index in [1.807, 2.05) is 0 Å². The van der Waals surface area contributed by atoms with Gasteiger partial charge in [-0.1, -0.05) is 69.9 Å². The van der Waals surface area contributed by atoms with Crippen molar-refractivity contribution < 1.29 is 0 Å². The van der Waals surface area contributed by atoms with Crippen molar-refractivity contribution in [3.05, 3.63) is 69.9 Å². The van der Waals surface area contributed by atoms with Crippen molar-refractivity contribution in [2.24, 2.45) is 5.92 Å². The van der Waals surface area contributed by atoms with Crippen molar-refractivity contribution in [1.29, 1.82) is 0 Å². The zero-order chi connectivity index (χ0) is 22.9. The van der Waals surface area contributed by atoms with Gasteiger partial charge in [0.05, 0.1) is 0 Å². The molecule has 0 radical (unpaired) electrons. The summed E-state index contributed by atoms with van der Waals surface area (Å²) in [6, 6.07) is 0. The van der Waals surface area contributed by atoms with Crippen LogP contribution in [-0.4, -0.2) is 0 Å². The fraction of sp³-hybridized carbons (Fsp3) is 0.600. The average Bonchev–Trinajstić information content (AvgIpc) is 2.63. The fourth-order valence-electron chi connectivity index (χ4n) is 3.39. The molecule has 0 saturated heterocycles. The Hall–Kier alpha value is -1.56. The second kappa shape index (κ2) is 17.2. The number of rotatable bonds is 14. The van der Waals surface area contributed by atoms with Crippen molar-refractivity contribution in [3.8, 4) is 0 Å². The van der Waals surface area contributed by atoms with Crippen LogP contribution < -0.4 is 0 Å². The standard InChI is InChI=1S/C30H50/c1-24(2)13-10-16-27(7)19-21-30(23-29(9)18-12-15-26(5)6)22-20-28(8)17-11-14-25(3)4/h13-15,19-20,23,30H,10-12,16-18,21-22H2,1-9H3/b27-19+,28-20+,29-23+. The van der Waals surface area contributed by atoms with Crippen molar-refractivity contribution in [1.82, 2.24) is 0 Å². The lowest BCUT2D eigenvalue weighted by molar-refractivity contribution is 0.657. The molecule has 0 rings (SSSR count). The second-order valence-corrected chi connectivity index (χ2v) is 9.81. The van der Waals surface area contributed by atoms with E-state index in [0.29, 0.717) is 5.92 Å². The first-order chi connectivity index (χ1) is 14.1. The SMILES string of the molecule is CC(C)=CCC/C(C)=C/CC(/C=C(\C)CCC=C(C)C)C/C=C(\C)CCC=C(C)C. The van der Waals surface area contributed by atoms with Crippen LogP contribution in [0.2, 0.25) is 0 Å². The lowest BCUT2D eigenvalue weighted by Gasteiger charge is -2.12. The van der Waals surface area contributed by atoms with E-state index in [4.69, 9.17) is 0 Å². The second-order valence-electron chi connectivity index (χ2n) is 9.81. The van der Waals surface area contributed by atoms with Gasteiger partial charge in [-0.05, 0) is 120 Å². The number of allylic oxidation sites excluding steroid dienone is 12. The molecule has 0 aromatic carbocycles. The lowest BCUT2D eigenvalue weighted by Crippen LogP contribution is -1.97. The molecule has 0 aliphatic heterocycles. The maximum Gasteiger partial charge on any atom is -0.0162 e. The van der Waals surface area contributed by atoms with Crippen LogP contribution in [0.25, 0.3) is 0 Å². The van der Waals surface area contributed by atoms with Gasteiger partial charge in [-0.25, -0.2) is 0 Å². The summed E-state index contributed by atoms with van der Waals surface area (Å²) in [6.45, 7) is 20.0. The normalized spacial score (nSPS) is 13.7. The molecule has 170 valence electrons. The molecule has 0 aliphatic carbocycles. The highest BCUT2D eigenvalue weighted by Gasteiger charge is 2.05. The quantitative estimate of drug-likeness (QED) is 0.250. The van der Waals surface area contributed by atoms with Gasteiger partial charge in [0, 0.05) is 0 Å². The minimum absolute atomic E-state index is 0.605. The first kappa shape index (κ1) is 28.4. The van der Waals surface area contributed by atoms with E-state index in [0.717, 1.165) is 32.1 Å². The third-order valence-corrected chi connectivity index (χ3v) is 5.33. The summed E-state index contributed by atoms with van der Waals surface area (Å²) in [5.41, 5.74) is 8.84.